The lowest BCUT2D eigenvalue weighted by atomic mass is 9.94. The van der Waals surface area contributed by atoms with Gasteiger partial charge in [-0.3, -0.25) is 14.9 Å². The quantitative estimate of drug-likeness (QED) is 0.549. The molecule has 5 heteroatoms. The van der Waals surface area contributed by atoms with Crippen LogP contribution >= 0.6 is 0 Å². The summed E-state index contributed by atoms with van der Waals surface area (Å²) in [5.41, 5.74) is 3.14. The maximum Gasteiger partial charge on any atom is 0.270 e. The van der Waals surface area contributed by atoms with Gasteiger partial charge in [-0.1, -0.05) is 60.7 Å². The highest BCUT2D eigenvalue weighted by molar-refractivity contribution is 5.95. The summed E-state index contributed by atoms with van der Waals surface area (Å²) in [5, 5.41) is 14.0. The highest BCUT2D eigenvalue weighted by Gasteiger charge is 2.20. The fraction of sp³-hybridized carbons (Fsp3) is 0.0952. The van der Waals surface area contributed by atoms with Gasteiger partial charge < -0.3 is 5.32 Å². The molecule has 1 atom stereocenters. The van der Waals surface area contributed by atoms with Crippen LogP contribution in [0.4, 0.5) is 5.69 Å². The summed E-state index contributed by atoms with van der Waals surface area (Å²) in [6.07, 6.45) is 0. The minimum atomic E-state index is -0.507. The molecule has 0 radical (unpaired) electrons. The normalized spacial score (nSPS) is 11.6. The Morgan fingerprint density at radius 3 is 2.35 bits per heavy atom. The van der Waals surface area contributed by atoms with Crippen molar-refractivity contribution in [3.8, 4) is 0 Å². The van der Waals surface area contributed by atoms with Crippen molar-refractivity contribution in [3.63, 3.8) is 0 Å². The molecule has 3 aromatic carbocycles. The third kappa shape index (κ3) is 3.78. The summed E-state index contributed by atoms with van der Waals surface area (Å²) in [5.74, 6) is -0.356. The summed E-state index contributed by atoms with van der Waals surface area (Å²) in [6.45, 7) is 1.99. The fourth-order valence-corrected chi connectivity index (χ4v) is 2.87. The first kappa shape index (κ1) is 17.4. The van der Waals surface area contributed by atoms with Gasteiger partial charge in [-0.2, -0.15) is 0 Å². The number of nitro groups is 1. The number of nitrogens with one attached hydrogen (secondary N) is 1. The molecule has 0 heterocycles. The smallest absolute Gasteiger partial charge is 0.270 e. The number of nitrogens with zero attached hydrogens (tertiary/aromatic N) is 1. The Labute approximate surface area is 151 Å². The zero-order chi connectivity index (χ0) is 18.5. The van der Waals surface area contributed by atoms with Crippen LogP contribution in [0, 0.1) is 17.0 Å². The topological polar surface area (TPSA) is 72.2 Å². The third-order valence-electron chi connectivity index (χ3n) is 4.23. The van der Waals surface area contributed by atoms with E-state index in [2.05, 4.69) is 5.32 Å². The van der Waals surface area contributed by atoms with E-state index in [0.29, 0.717) is 0 Å². The number of nitro benzene ring substituents is 1. The molecule has 0 fully saturated rings. The van der Waals surface area contributed by atoms with Crippen molar-refractivity contribution in [1.29, 1.82) is 0 Å². The van der Waals surface area contributed by atoms with Gasteiger partial charge in [-0.25, -0.2) is 0 Å². The highest BCUT2D eigenvalue weighted by Crippen LogP contribution is 2.25. The zero-order valence-electron chi connectivity index (χ0n) is 14.3. The number of amides is 1. The number of benzene rings is 3. The third-order valence-corrected chi connectivity index (χ3v) is 4.23. The standard InChI is InChI=1S/C21H18N2O3/c1-15-8-5-6-13-19(15)20(16-9-3-2-4-10-16)22-21(24)17-11-7-12-18(14-17)23(25)26/h2-14,20H,1H3,(H,22,24)/t20-/m1/s1. The van der Waals surface area contributed by atoms with Gasteiger partial charge in [0.2, 0.25) is 0 Å². The predicted molar refractivity (Wildman–Crippen MR) is 100 cm³/mol. The molecule has 0 aliphatic carbocycles. The molecule has 0 aromatic heterocycles. The lowest BCUT2D eigenvalue weighted by Crippen LogP contribution is -2.29. The fourth-order valence-electron chi connectivity index (χ4n) is 2.87. The van der Waals surface area contributed by atoms with E-state index in [4.69, 9.17) is 0 Å². The van der Waals surface area contributed by atoms with E-state index in [1.807, 2.05) is 61.5 Å². The van der Waals surface area contributed by atoms with E-state index in [-0.39, 0.29) is 23.2 Å². The highest BCUT2D eigenvalue weighted by atomic mass is 16.6. The molecule has 0 bridgehead atoms. The van der Waals surface area contributed by atoms with Gasteiger partial charge in [0.15, 0.2) is 0 Å². The van der Waals surface area contributed by atoms with Gasteiger partial charge in [-0.05, 0) is 29.7 Å². The Kier molecular flexibility index (Phi) is 5.08. The number of rotatable bonds is 5. The van der Waals surface area contributed by atoms with Crippen LogP contribution < -0.4 is 5.32 Å². The Hall–Kier alpha value is -3.47. The maximum absolute atomic E-state index is 12.8. The Balaban J connectivity index is 1.96. The molecule has 0 saturated carbocycles. The second-order valence-corrected chi connectivity index (χ2v) is 5.98. The van der Waals surface area contributed by atoms with Crippen molar-refractivity contribution in [1.82, 2.24) is 5.32 Å². The van der Waals surface area contributed by atoms with Gasteiger partial charge in [-0.15, -0.1) is 0 Å². The summed E-state index contributed by atoms with van der Waals surface area (Å²) in [6, 6.07) is 22.9. The number of carbonyl (C=O) groups excluding carboxylic acids is 1. The van der Waals surface area contributed by atoms with Crippen LogP contribution in [0.25, 0.3) is 0 Å². The van der Waals surface area contributed by atoms with E-state index in [0.717, 1.165) is 16.7 Å². The number of carbonyl (C=O) groups is 1. The number of aryl methyl sites for hydroxylation is 1. The zero-order valence-corrected chi connectivity index (χ0v) is 14.3. The van der Waals surface area contributed by atoms with Gasteiger partial charge >= 0.3 is 0 Å². The Bertz CT molecular complexity index is 939. The lowest BCUT2D eigenvalue weighted by molar-refractivity contribution is -0.384. The van der Waals surface area contributed by atoms with Crippen molar-refractivity contribution in [2.75, 3.05) is 0 Å². The molecular formula is C21H18N2O3. The van der Waals surface area contributed by atoms with Crippen LogP contribution in [-0.2, 0) is 0 Å². The van der Waals surface area contributed by atoms with Crippen molar-refractivity contribution < 1.29 is 9.72 Å². The van der Waals surface area contributed by atoms with E-state index in [9.17, 15) is 14.9 Å². The van der Waals surface area contributed by atoms with Crippen LogP contribution in [-0.4, -0.2) is 10.8 Å². The van der Waals surface area contributed by atoms with E-state index < -0.39 is 4.92 Å². The average Bonchev–Trinajstić information content (AvgIpc) is 2.67. The molecule has 1 N–H and O–H groups in total. The molecule has 0 unspecified atom stereocenters. The number of non-ortho nitro benzene ring substituents is 1. The van der Waals surface area contributed by atoms with Crippen molar-refractivity contribution in [2.45, 2.75) is 13.0 Å². The van der Waals surface area contributed by atoms with Gasteiger partial charge in [0.25, 0.3) is 11.6 Å². The summed E-state index contributed by atoms with van der Waals surface area (Å²) >= 11 is 0. The molecule has 3 aromatic rings. The molecule has 1 amide bonds. The number of hydrogen-bond donors (Lipinski definition) is 1. The minimum absolute atomic E-state index is 0.107. The second kappa shape index (κ2) is 7.61. The maximum atomic E-state index is 12.8. The van der Waals surface area contributed by atoms with Crippen LogP contribution in [0.5, 0.6) is 0 Å². The molecule has 0 aliphatic rings. The molecule has 0 aliphatic heterocycles. The van der Waals surface area contributed by atoms with Crippen LogP contribution in [0.2, 0.25) is 0 Å². The molecule has 26 heavy (non-hydrogen) atoms. The van der Waals surface area contributed by atoms with E-state index in [1.165, 1.54) is 18.2 Å². The first-order valence-corrected chi connectivity index (χ1v) is 8.22. The van der Waals surface area contributed by atoms with Crippen molar-refractivity contribution in [3.05, 3.63) is 111 Å². The molecule has 5 nitrogen and oxygen atoms in total. The number of hydrogen-bond acceptors (Lipinski definition) is 3. The molecule has 130 valence electrons. The van der Waals surface area contributed by atoms with Gasteiger partial charge in [0.1, 0.15) is 0 Å². The predicted octanol–water partition coefficient (Wildman–Crippen LogP) is 4.42. The molecule has 0 saturated heterocycles. The second-order valence-electron chi connectivity index (χ2n) is 5.98. The van der Waals surface area contributed by atoms with Gasteiger partial charge in [0.05, 0.1) is 11.0 Å². The first-order valence-electron chi connectivity index (χ1n) is 8.22. The van der Waals surface area contributed by atoms with Crippen LogP contribution in [0.1, 0.15) is 33.1 Å². The van der Waals surface area contributed by atoms with E-state index >= 15 is 0 Å². The van der Waals surface area contributed by atoms with Crippen LogP contribution in [0.15, 0.2) is 78.9 Å². The molecule has 0 spiro atoms. The van der Waals surface area contributed by atoms with Crippen LogP contribution in [0.3, 0.4) is 0 Å². The first-order chi connectivity index (χ1) is 12.6. The monoisotopic (exact) mass is 346 g/mol. The largest absolute Gasteiger partial charge is 0.341 e. The average molecular weight is 346 g/mol. The molecular weight excluding hydrogens is 328 g/mol. The summed E-state index contributed by atoms with van der Waals surface area (Å²) in [4.78, 5) is 23.2. The van der Waals surface area contributed by atoms with Gasteiger partial charge in [0, 0.05) is 17.7 Å². The van der Waals surface area contributed by atoms with Crippen molar-refractivity contribution >= 4 is 11.6 Å². The summed E-state index contributed by atoms with van der Waals surface area (Å²) < 4.78 is 0. The Morgan fingerprint density at radius 1 is 0.962 bits per heavy atom. The SMILES string of the molecule is Cc1ccccc1[C@H](NC(=O)c1cccc([N+](=O)[O-])c1)c1ccccc1. The van der Waals surface area contributed by atoms with E-state index in [1.54, 1.807) is 6.07 Å². The molecule has 3 rings (SSSR count). The Morgan fingerprint density at radius 2 is 1.65 bits per heavy atom. The van der Waals surface area contributed by atoms with Crippen molar-refractivity contribution in [2.24, 2.45) is 0 Å². The summed E-state index contributed by atoms with van der Waals surface area (Å²) in [7, 11) is 0. The minimum Gasteiger partial charge on any atom is -0.341 e. The lowest BCUT2D eigenvalue weighted by Gasteiger charge is -2.21.